The van der Waals surface area contributed by atoms with Crippen LogP contribution in [0.15, 0.2) is 17.1 Å². The van der Waals surface area contributed by atoms with Gasteiger partial charge in [0.25, 0.3) is 0 Å². The average Bonchev–Trinajstić information content (AvgIpc) is 2.71. The highest BCUT2D eigenvalue weighted by Crippen LogP contribution is 2.37. The van der Waals surface area contributed by atoms with Gasteiger partial charge in [-0.15, -0.1) is 24.0 Å². The first kappa shape index (κ1) is 25.6. The number of rotatable bonds is 9. The third-order valence-corrected chi connectivity index (χ3v) is 5.16. The lowest BCUT2D eigenvalue weighted by molar-refractivity contribution is 0.159. The number of phenolic OH excluding ortho intramolecular Hbond substituents is 1. The van der Waals surface area contributed by atoms with Gasteiger partial charge < -0.3 is 30.1 Å². The van der Waals surface area contributed by atoms with Crippen LogP contribution < -0.4 is 20.1 Å². The highest BCUT2D eigenvalue weighted by Gasteiger charge is 2.17. The Hall–Kier alpha value is -1.42. The Morgan fingerprint density at radius 3 is 2.48 bits per heavy atom. The molecule has 0 aromatic heterocycles. The lowest BCUT2D eigenvalue weighted by Crippen LogP contribution is -2.41. The van der Waals surface area contributed by atoms with Gasteiger partial charge in [0.2, 0.25) is 5.75 Å². The molecule has 8 heteroatoms. The fourth-order valence-electron chi connectivity index (χ4n) is 3.53. The monoisotopic (exact) mass is 520 g/mol. The van der Waals surface area contributed by atoms with Gasteiger partial charge in [-0.2, -0.15) is 0 Å². The van der Waals surface area contributed by atoms with Crippen LogP contribution >= 0.6 is 24.0 Å². The number of nitrogens with zero attached hydrogens (tertiary/aromatic N) is 2. The van der Waals surface area contributed by atoms with Gasteiger partial charge in [0.05, 0.1) is 20.8 Å². The lowest BCUT2D eigenvalue weighted by Gasteiger charge is -2.33. The maximum Gasteiger partial charge on any atom is 0.200 e. The molecule has 1 aromatic carbocycles. The lowest BCUT2D eigenvalue weighted by atomic mass is 10.0. The van der Waals surface area contributed by atoms with Crippen LogP contribution in [0.4, 0.5) is 0 Å². The minimum absolute atomic E-state index is 0. The molecule has 1 aromatic rings. The van der Waals surface area contributed by atoms with Gasteiger partial charge in [0.15, 0.2) is 17.5 Å². The number of ether oxygens (including phenoxy) is 2. The Balaban J connectivity index is 0.00000420. The standard InChI is InChI=1S/C21H36N4O3.HI/c1-5-22-21(23-10-8-12-25-11-7-6-9-16(25)2)24-15-17-13-18(27-3)20(26)19(14-17)28-4;/h13-14,16,26H,5-12,15H2,1-4H3,(H2,22,23,24);1H. The van der Waals surface area contributed by atoms with Crippen LogP contribution in [-0.2, 0) is 6.54 Å². The quantitative estimate of drug-likeness (QED) is 0.201. The Kier molecular flexibility index (Phi) is 12.1. The molecule has 0 radical (unpaired) electrons. The number of phenols is 1. The predicted molar refractivity (Wildman–Crippen MR) is 129 cm³/mol. The van der Waals surface area contributed by atoms with E-state index in [9.17, 15) is 5.11 Å². The number of nitrogens with one attached hydrogen (secondary N) is 2. The molecule has 166 valence electrons. The first-order chi connectivity index (χ1) is 13.6. The summed E-state index contributed by atoms with van der Waals surface area (Å²) in [6.45, 7) is 8.89. The van der Waals surface area contributed by atoms with E-state index in [1.165, 1.54) is 40.0 Å². The van der Waals surface area contributed by atoms with Crippen molar-refractivity contribution in [1.82, 2.24) is 15.5 Å². The molecule has 29 heavy (non-hydrogen) atoms. The van der Waals surface area contributed by atoms with Crippen molar-refractivity contribution in [3.8, 4) is 17.2 Å². The van der Waals surface area contributed by atoms with Gasteiger partial charge in [-0.05, 0) is 57.4 Å². The molecule has 1 saturated heterocycles. The fourth-order valence-corrected chi connectivity index (χ4v) is 3.53. The Labute approximate surface area is 192 Å². The Bertz CT molecular complexity index is 617. The molecule has 1 heterocycles. The van der Waals surface area contributed by atoms with E-state index < -0.39 is 0 Å². The normalized spacial score (nSPS) is 17.4. The molecule has 1 aliphatic heterocycles. The molecular formula is C21H37IN4O3. The van der Waals surface area contributed by atoms with Crippen molar-refractivity contribution in [3.63, 3.8) is 0 Å². The van der Waals surface area contributed by atoms with Gasteiger partial charge in [0.1, 0.15) is 0 Å². The van der Waals surface area contributed by atoms with E-state index in [1.54, 1.807) is 12.1 Å². The summed E-state index contributed by atoms with van der Waals surface area (Å²) in [4.78, 5) is 7.24. The number of hydrogen-bond acceptors (Lipinski definition) is 5. The molecule has 1 fully saturated rings. The van der Waals surface area contributed by atoms with E-state index in [4.69, 9.17) is 9.47 Å². The summed E-state index contributed by atoms with van der Waals surface area (Å²) in [5.41, 5.74) is 0.908. The topological polar surface area (TPSA) is 78.4 Å². The van der Waals surface area contributed by atoms with Crippen molar-refractivity contribution in [2.24, 2.45) is 4.99 Å². The maximum atomic E-state index is 10.0. The molecular weight excluding hydrogens is 483 g/mol. The fraction of sp³-hybridized carbons (Fsp3) is 0.667. The van der Waals surface area contributed by atoms with Crippen molar-refractivity contribution in [2.75, 3.05) is 40.4 Å². The smallest absolute Gasteiger partial charge is 0.200 e. The first-order valence-electron chi connectivity index (χ1n) is 10.3. The molecule has 2 rings (SSSR count). The largest absolute Gasteiger partial charge is 0.502 e. The number of guanidine groups is 1. The van der Waals surface area contributed by atoms with Crippen molar-refractivity contribution < 1.29 is 14.6 Å². The molecule has 0 aliphatic carbocycles. The number of aromatic hydroxyl groups is 1. The number of aliphatic imine (C=N–C) groups is 1. The van der Waals surface area contributed by atoms with Crippen LogP contribution in [-0.4, -0.2) is 62.4 Å². The predicted octanol–water partition coefficient (Wildman–Crippen LogP) is 3.35. The summed E-state index contributed by atoms with van der Waals surface area (Å²) >= 11 is 0. The minimum atomic E-state index is 0. The Morgan fingerprint density at radius 1 is 1.21 bits per heavy atom. The molecule has 1 unspecified atom stereocenters. The minimum Gasteiger partial charge on any atom is -0.502 e. The van der Waals surface area contributed by atoms with E-state index in [0.29, 0.717) is 24.1 Å². The van der Waals surface area contributed by atoms with Crippen molar-refractivity contribution in [3.05, 3.63) is 17.7 Å². The summed E-state index contributed by atoms with van der Waals surface area (Å²) in [5, 5.41) is 16.7. The highest BCUT2D eigenvalue weighted by atomic mass is 127. The summed E-state index contributed by atoms with van der Waals surface area (Å²) in [7, 11) is 3.05. The molecule has 7 nitrogen and oxygen atoms in total. The van der Waals surface area contributed by atoms with Gasteiger partial charge in [0, 0.05) is 25.7 Å². The summed E-state index contributed by atoms with van der Waals surface area (Å²) in [6.07, 6.45) is 5.09. The summed E-state index contributed by atoms with van der Waals surface area (Å²) in [5.74, 6) is 1.58. The van der Waals surface area contributed by atoms with Crippen LogP contribution in [0.2, 0.25) is 0 Å². The molecule has 1 aliphatic rings. The number of likely N-dealkylation sites (tertiary alicyclic amines) is 1. The third-order valence-electron chi connectivity index (χ3n) is 5.16. The van der Waals surface area contributed by atoms with Crippen molar-refractivity contribution in [1.29, 1.82) is 0 Å². The van der Waals surface area contributed by atoms with Crippen LogP contribution in [0.1, 0.15) is 45.1 Å². The molecule has 0 amide bonds. The van der Waals surface area contributed by atoms with Crippen molar-refractivity contribution >= 4 is 29.9 Å². The zero-order valence-electron chi connectivity index (χ0n) is 18.2. The highest BCUT2D eigenvalue weighted by molar-refractivity contribution is 14.0. The van der Waals surface area contributed by atoms with E-state index in [-0.39, 0.29) is 29.7 Å². The zero-order chi connectivity index (χ0) is 20.4. The van der Waals surface area contributed by atoms with E-state index >= 15 is 0 Å². The molecule has 0 bridgehead atoms. The number of halogens is 1. The number of benzene rings is 1. The third kappa shape index (κ3) is 8.08. The number of hydrogen-bond donors (Lipinski definition) is 3. The van der Waals surface area contributed by atoms with E-state index in [1.807, 2.05) is 0 Å². The van der Waals surface area contributed by atoms with Gasteiger partial charge in [-0.3, -0.25) is 0 Å². The maximum absolute atomic E-state index is 10.0. The Morgan fingerprint density at radius 2 is 1.90 bits per heavy atom. The summed E-state index contributed by atoms with van der Waals surface area (Å²) < 4.78 is 10.4. The molecule has 3 N–H and O–H groups in total. The number of piperidine rings is 1. The molecule has 0 spiro atoms. The van der Waals surface area contributed by atoms with Crippen LogP contribution in [0.25, 0.3) is 0 Å². The molecule has 1 atom stereocenters. The van der Waals surface area contributed by atoms with Crippen LogP contribution in [0.3, 0.4) is 0 Å². The van der Waals surface area contributed by atoms with Gasteiger partial charge >= 0.3 is 0 Å². The average molecular weight is 520 g/mol. The SMILES string of the molecule is CCNC(=NCc1cc(OC)c(O)c(OC)c1)NCCCN1CCCCC1C.I. The van der Waals surface area contributed by atoms with E-state index in [2.05, 4.69) is 34.4 Å². The van der Waals surface area contributed by atoms with E-state index in [0.717, 1.165) is 37.6 Å². The summed E-state index contributed by atoms with van der Waals surface area (Å²) in [6, 6.07) is 4.26. The number of methoxy groups -OCH3 is 2. The zero-order valence-corrected chi connectivity index (χ0v) is 20.5. The second-order valence-electron chi connectivity index (χ2n) is 7.21. The van der Waals surface area contributed by atoms with Gasteiger partial charge in [-0.25, -0.2) is 4.99 Å². The van der Waals surface area contributed by atoms with Crippen molar-refractivity contribution in [2.45, 2.75) is 52.1 Å². The molecule has 0 saturated carbocycles. The second-order valence-corrected chi connectivity index (χ2v) is 7.21. The van der Waals surface area contributed by atoms with Gasteiger partial charge in [-0.1, -0.05) is 6.42 Å². The van der Waals surface area contributed by atoms with Crippen LogP contribution in [0.5, 0.6) is 17.2 Å². The second kappa shape index (κ2) is 13.7. The van der Waals surface area contributed by atoms with Crippen LogP contribution in [0, 0.1) is 0 Å². The first-order valence-corrected chi connectivity index (χ1v) is 10.3.